The number of benzene rings is 1. The van der Waals surface area contributed by atoms with Gasteiger partial charge in [0, 0.05) is 26.2 Å². The number of hydrogen-bond acceptors (Lipinski definition) is 4. The second-order valence-corrected chi connectivity index (χ2v) is 5.90. The van der Waals surface area contributed by atoms with E-state index >= 15 is 0 Å². The van der Waals surface area contributed by atoms with Crippen LogP contribution in [-0.4, -0.2) is 60.1 Å². The molecular formula is C16H23N3O2. The Morgan fingerprint density at radius 2 is 2.10 bits per heavy atom. The molecule has 114 valence electrons. The summed E-state index contributed by atoms with van der Waals surface area (Å²) in [5.41, 5.74) is 2.32. The van der Waals surface area contributed by atoms with Crippen LogP contribution in [0.4, 0.5) is 0 Å². The first-order valence-corrected chi connectivity index (χ1v) is 7.74. The van der Waals surface area contributed by atoms with Crippen LogP contribution in [0.5, 0.6) is 5.75 Å². The average Bonchev–Trinajstić information content (AvgIpc) is 2.75. The molecule has 5 heteroatoms. The monoisotopic (exact) mass is 289 g/mol. The zero-order chi connectivity index (χ0) is 14.7. The molecule has 1 amide bonds. The van der Waals surface area contributed by atoms with Crippen LogP contribution >= 0.6 is 0 Å². The summed E-state index contributed by atoms with van der Waals surface area (Å²) in [7, 11) is 0. The molecule has 0 radical (unpaired) electrons. The fourth-order valence-electron chi connectivity index (χ4n) is 3.11. The first-order valence-electron chi connectivity index (χ1n) is 7.74. The van der Waals surface area contributed by atoms with Gasteiger partial charge in [-0.05, 0) is 49.2 Å². The van der Waals surface area contributed by atoms with Gasteiger partial charge in [-0.1, -0.05) is 6.07 Å². The third-order valence-corrected chi connectivity index (χ3v) is 4.35. The summed E-state index contributed by atoms with van der Waals surface area (Å²) in [6, 6.07) is 5.47. The zero-order valence-corrected chi connectivity index (χ0v) is 12.3. The van der Waals surface area contributed by atoms with Crippen molar-refractivity contribution in [3.05, 3.63) is 29.3 Å². The van der Waals surface area contributed by atoms with Crippen molar-refractivity contribution in [2.75, 3.05) is 39.3 Å². The summed E-state index contributed by atoms with van der Waals surface area (Å²) >= 11 is 0. The lowest BCUT2D eigenvalue weighted by atomic mass is 9.99. The van der Waals surface area contributed by atoms with Crippen molar-refractivity contribution in [2.24, 2.45) is 0 Å². The van der Waals surface area contributed by atoms with Crippen molar-refractivity contribution in [3.63, 3.8) is 0 Å². The standard InChI is InChI=1S/C16H23N3O2/c20-15-3-2-13-4-8-19(11-14(13)10-15)16(21)12-18-7-1-5-17-6-9-18/h2-3,10,17,20H,1,4-9,11-12H2. The van der Waals surface area contributed by atoms with Crippen LogP contribution in [0.1, 0.15) is 17.5 Å². The molecule has 0 atom stereocenters. The number of nitrogens with one attached hydrogen (secondary N) is 1. The van der Waals surface area contributed by atoms with E-state index in [-0.39, 0.29) is 11.7 Å². The quantitative estimate of drug-likeness (QED) is 0.836. The Morgan fingerprint density at radius 3 is 3.00 bits per heavy atom. The van der Waals surface area contributed by atoms with Crippen molar-refractivity contribution in [1.29, 1.82) is 0 Å². The molecule has 3 rings (SSSR count). The molecule has 2 N–H and O–H groups in total. The molecule has 1 fully saturated rings. The number of amides is 1. The lowest BCUT2D eigenvalue weighted by Gasteiger charge is -2.31. The van der Waals surface area contributed by atoms with Crippen LogP contribution in [0, 0.1) is 0 Å². The fraction of sp³-hybridized carbons (Fsp3) is 0.562. The second-order valence-electron chi connectivity index (χ2n) is 5.90. The normalized spacial score (nSPS) is 19.9. The second kappa shape index (κ2) is 6.45. The summed E-state index contributed by atoms with van der Waals surface area (Å²) in [4.78, 5) is 16.6. The molecule has 2 aliphatic rings. The molecule has 0 bridgehead atoms. The van der Waals surface area contributed by atoms with Gasteiger partial charge in [-0.25, -0.2) is 0 Å². The zero-order valence-electron chi connectivity index (χ0n) is 12.3. The Morgan fingerprint density at radius 1 is 1.19 bits per heavy atom. The van der Waals surface area contributed by atoms with Crippen LogP contribution in [0.15, 0.2) is 18.2 Å². The Balaban J connectivity index is 1.61. The smallest absolute Gasteiger partial charge is 0.237 e. The van der Waals surface area contributed by atoms with E-state index in [1.807, 2.05) is 11.0 Å². The summed E-state index contributed by atoms with van der Waals surface area (Å²) in [6.45, 7) is 5.85. The largest absolute Gasteiger partial charge is 0.508 e. The van der Waals surface area contributed by atoms with E-state index in [1.165, 1.54) is 5.56 Å². The lowest BCUT2D eigenvalue weighted by Crippen LogP contribution is -2.43. The van der Waals surface area contributed by atoms with Gasteiger partial charge < -0.3 is 15.3 Å². The molecule has 21 heavy (non-hydrogen) atoms. The first-order chi connectivity index (χ1) is 10.2. The minimum absolute atomic E-state index is 0.200. The lowest BCUT2D eigenvalue weighted by molar-refractivity contribution is -0.133. The summed E-state index contributed by atoms with van der Waals surface area (Å²) in [5.74, 6) is 0.479. The van der Waals surface area contributed by atoms with Crippen LogP contribution in [-0.2, 0) is 17.8 Å². The average molecular weight is 289 g/mol. The van der Waals surface area contributed by atoms with Gasteiger partial charge in [-0.3, -0.25) is 9.69 Å². The van der Waals surface area contributed by atoms with Gasteiger partial charge in [0.2, 0.25) is 5.91 Å². The third-order valence-electron chi connectivity index (χ3n) is 4.35. The van der Waals surface area contributed by atoms with Gasteiger partial charge in [-0.15, -0.1) is 0 Å². The fourth-order valence-corrected chi connectivity index (χ4v) is 3.11. The molecule has 0 aliphatic carbocycles. The van der Waals surface area contributed by atoms with E-state index in [9.17, 15) is 9.90 Å². The first kappa shape index (κ1) is 14.4. The Bertz CT molecular complexity index is 510. The number of phenols is 1. The molecule has 2 aliphatic heterocycles. The van der Waals surface area contributed by atoms with E-state index in [1.54, 1.807) is 12.1 Å². The predicted molar refractivity (Wildman–Crippen MR) is 81.2 cm³/mol. The van der Waals surface area contributed by atoms with Gasteiger partial charge in [0.1, 0.15) is 5.75 Å². The summed E-state index contributed by atoms with van der Waals surface area (Å²) in [6.07, 6.45) is 1.98. The van der Waals surface area contributed by atoms with Crippen molar-refractivity contribution in [3.8, 4) is 5.75 Å². The Labute approximate surface area is 125 Å². The van der Waals surface area contributed by atoms with Crippen LogP contribution in [0.3, 0.4) is 0 Å². The Hall–Kier alpha value is -1.59. The number of phenolic OH excluding ortho intramolecular Hbond substituents is 1. The highest BCUT2D eigenvalue weighted by molar-refractivity contribution is 5.78. The highest BCUT2D eigenvalue weighted by atomic mass is 16.3. The Kier molecular flexibility index (Phi) is 4.41. The van der Waals surface area contributed by atoms with E-state index in [4.69, 9.17) is 0 Å². The van der Waals surface area contributed by atoms with Crippen LogP contribution in [0.2, 0.25) is 0 Å². The molecular weight excluding hydrogens is 266 g/mol. The third kappa shape index (κ3) is 3.54. The van der Waals surface area contributed by atoms with Crippen molar-refractivity contribution in [1.82, 2.24) is 15.1 Å². The van der Waals surface area contributed by atoms with Crippen molar-refractivity contribution >= 4 is 5.91 Å². The number of rotatable bonds is 2. The van der Waals surface area contributed by atoms with Gasteiger partial charge >= 0.3 is 0 Å². The number of fused-ring (bicyclic) bond motifs is 1. The van der Waals surface area contributed by atoms with E-state index in [0.717, 1.165) is 51.1 Å². The van der Waals surface area contributed by atoms with Crippen LogP contribution in [0.25, 0.3) is 0 Å². The predicted octanol–water partition coefficient (Wildman–Crippen LogP) is 0.572. The topological polar surface area (TPSA) is 55.8 Å². The molecule has 0 unspecified atom stereocenters. The van der Waals surface area contributed by atoms with Gasteiger partial charge in [-0.2, -0.15) is 0 Å². The van der Waals surface area contributed by atoms with Crippen molar-refractivity contribution in [2.45, 2.75) is 19.4 Å². The molecule has 0 spiro atoms. The SMILES string of the molecule is O=C(CN1CCCNCC1)N1CCc2ccc(O)cc2C1. The minimum Gasteiger partial charge on any atom is -0.508 e. The number of nitrogens with zero attached hydrogens (tertiary/aromatic N) is 2. The summed E-state index contributed by atoms with van der Waals surface area (Å²) < 4.78 is 0. The molecule has 1 aromatic carbocycles. The maximum Gasteiger partial charge on any atom is 0.237 e. The van der Waals surface area contributed by atoms with E-state index in [0.29, 0.717) is 13.1 Å². The molecule has 1 saturated heterocycles. The maximum absolute atomic E-state index is 12.5. The number of carbonyl (C=O) groups is 1. The van der Waals surface area contributed by atoms with E-state index < -0.39 is 0 Å². The maximum atomic E-state index is 12.5. The van der Waals surface area contributed by atoms with Crippen molar-refractivity contribution < 1.29 is 9.90 Å². The van der Waals surface area contributed by atoms with E-state index in [2.05, 4.69) is 10.2 Å². The molecule has 2 heterocycles. The highest BCUT2D eigenvalue weighted by Crippen LogP contribution is 2.23. The van der Waals surface area contributed by atoms with Crippen LogP contribution < -0.4 is 5.32 Å². The van der Waals surface area contributed by atoms with Gasteiger partial charge in [0.15, 0.2) is 0 Å². The molecule has 0 saturated carbocycles. The molecule has 0 aromatic heterocycles. The number of hydrogen-bond donors (Lipinski definition) is 2. The molecule has 1 aromatic rings. The number of aromatic hydroxyl groups is 1. The highest BCUT2D eigenvalue weighted by Gasteiger charge is 2.22. The summed E-state index contributed by atoms with van der Waals surface area (Å²) in [5, 5.41) is 12.9. The number of carbonyl (C=O) groups excluding carboxylic acids is 1. The minimum atomic E-state index is 0.200. The van der Waals surface area contributed by atoms with Gasteiger partial charge in [0.05, 0.1) is 6.54 Å². The molecule has 5 nitrogen and oxygen atoms in total. The van der Waals surface area contributed by atoms with Gasteiger partial charge in [0.25, 0.3) is 0 Å².